The van der Waals surface area contributed by atoms with Crippen LogP contribution >= 0.6 is 0 Å². The third-order valence-corrected chi connectivity index (χ3v) is 2.86. The van der Waals surface area contributed by atoms with Crippen molar-refractivity contribution in [3.8, 4) is 17.2 Å². The Balaban J connectivity index is 2.31. The van der Waals surface area contributed by atoms with E-state index in [2.05, 4.69) is 10.2 Å². The van der Waals surface area contributed by atoms with Gasteiger partial charge in [-0.15, -0.1) is 0 Å². The molecule has 110 valence electrons. The fraction of sp³-hybridized carbons (Fsp3) is 0.200. The topological polar surface area (TPSA) is 83.6 Å². The van der Waals surface area contributed by atoms with Gasteiger partial charge < -0.3 is 19.7 Å². The predicted octanol–water partition coefficient (Wildman–Crippen LogP) is 3.32. The van der Waals surface area contributed by atoms with Gasteiger partial charge in [0.25, 0.3) is 0 Å². The maximum absolute atomic E-state index is 9.79. The summed E-state index contributed by atoms with van der Waals surface area (Å²) in [6.45, 7) is -0.315. The van der Waals surface area contributed by atoms with Crippen molar-refractivity contribution >= 4 is 11.4 Å². The first-order valence-corrected chi connectivity index (χ1v) is 6.24. The number of hydrogen-bond donors (Lipinski definition) is 2. The highest BCUT2D eigenvalue weighted by Gasteiger charge is 2.09. The number of azo groups is 1. The average molecular weight is 288 g/mol. The van der Waals surface area contributed by atoms with Gasteiger partial charge in [0.15, 0.2) is 11.5 Å². The minimum Gasteiger partial charge on any atom is -0.504 e. The van der Waals surface area contributed by atoms with Gasteiger partial charge in [-0.2, -0.15) is 10.2 Å². The molecule has 0 heterocycles. The summed E-state index contributed by atoms with van der Waals surface area (Å²) in [5.74, 6) is 0.826. The van der Waals surface area contributed by atoms with Crippen molar-refractivity contribution in [1.82, 2.24) is 0 Å². The minimum absolute atomic E-state index is 0.0969. The second-order valence-corrected chi connectivity index (χ2v) is 4.22. The zero-order valence-corrected chi connectivity index (χ0v) is 11.8. The maximum atomic E-state index is 9.79. The van der Waals surface area contributed by atoms with Crippen molar-refractivity contribution in [2.75, 3.05) is 14.2 Å². The SMILES string of the molecule is COc1cccc(N=Nc2cc(CO)c(O)c(OC)c2)c1. The predicted molar refractivity (Wildman–Crippen MR) is 77.8 cm³/mol. The Kier molecular flexibility index (Phi) is 4.73. The summed E-state index contributed by atoms with van der Waals surface area (Å²) in [6.07, 6.45) is 0. The van der Waals surface area contributed by atoms with E-state index in [1.807, 2.05) is 12.1 Å². The lowest BCUT2D eigenvalue weighted by Crippen LogP contribution is -1.89. The molecule has 0 aliphatic heterocycles. The van der Waals surface area contributed by atoms with Crippen molar-refractivity contribution in [3.05, 3.63) is 42.0 Å². The number of phenols is 1. The van der Waals surface area contributed by atoms with Crippen LogP contribution in [0.2, 0.25) is 0 Å². The third kappa shape index (κ3) is 3.49. The summed E-state index contributed by atoms with van der Waals surface area (Å²) in [5, 5.41) is 27.2. The van der Waals surface area contributed by atoms with Gasteiger partial charge >= 0.3 is 0 Å². The minimum atomic E-state index is -0.315. The van der Waals surface area contributed by atoms with Crippen LogP contribution in [-0.4, -0.2) is 24.4 Å². The van der Waals surface area contributed by atoms with Crippen LogP contribution in [0.3, 0.4) is 0 Å². The first-order chi connectivity index (χ1) is 10.2. The Hall–Kier alpha value is -2.60. The van der Waals surface area contributed by atoms with Crippen LogP contribution in [0.25, 0.3) is 0 Å². The molecule has 0 unspecified atom stereocenters. The number of rotatable bonds is 5. The number of methoxy groups -OCH3 is 2. The Morgan fingerprint density at radius 2 is 1.76 bits per heavy atom. The molecule has 0 fully saturated rings. The van der Waals surface area contributed by atoms with Crippen molar-refractivity contribution < 1.29 is 19.7 Å². The van der Waals surface area contributed by atoms with E-state index in [4.69, 9.17) is 9.47 Å². The van der Waals surface area contributed by atoms with E-state index in [1.165, 1.54) is 13.2 Å². The summed E-state index contributed by atoms with van der Waals surface area (Å²) in [7, 11) is 3.01. The first-order valence-electron chi connectivity index (χ1n) is 6.24. The number of ether oxygens (including phenoxy) is 2. The van der Waals surface area contributed by atoms with E-state index in [9.17, 15) is 10.2 Å². The number of hydrogen-bond acceptors (Lipinski definition) is 6. The first kappa shape index (κ1) is 14.8. The molecule has 2 rings (SSSR count). The van der Waals surface area contributed by atoms with Crippen LogP contribution in [-0.2, 0) is 6.61 Å². The van der Waals surface area contributed by atoms with E-state index < -0.39 is 0 Å². The molecule has 2 aromatic carbocycles. The lowest BCUT2D eigenvalue weighted by Gasteiger charge is -2.08. The molecule has 0 aliphatic rings. The van der Waals surface area contributed by atoms with Gasteiger partial charge in [0.05, 0.1) is 32.2 Å². The second kappa shape index (κ2) is 6.71. The largest absolute Gasteiger partial charge is 0.504 e. The van der Waals surface area contributed by atoms with Crippen LogP contribution < -0.4 is 9.47 Å². The van der Waals surface area contributed by atoms with Crippen molar-refractivity contribution in [2.24, 2.45) is 10.2 Å². The number of nitrogens with zero attached hydrogens (tertiary/aromatic N) is 2. The van der Waals surface area contributed by atoms with E-state index >= 15 is 0 Å². The van der Waals surface area contributed by atoms with Gasteiger partial charge in [-0.1, -0.05) is 6.07 Å². The molecule has 0 saturated carbocycles. The molecule has 0 saturated heterocycles. The summed E-state index contributed by atoms with van der Waals surface area (Å²) in [4.78, 5) is 0. The Morgan fingerprint density at radius 3 is 2.43 bits per heavy atom. The van der Waals surface area contributed by atoms with Gasteiger partial charge in [-0.25, -0.2) is 0 Å². The molecule has 2 N–H and O–H groups in total. The fourth-order valence-electron chi connectivity index (χ4n) is 1.77. The molecule has 0 aromatic heterocycles. The fourth-order valence-corrected chi connectivity index (χ4v) is 1.77. The third-order valence-electron chi connectivity index (χ3n) is 2.86. The number of aliphatic hydroxyl groups is 1. The number of benzene rings is 2. The van der Waals surface area contributed by atoms with E-state index in [-0.39, 0.29) is 18.1 Å². The van der Waals surface area contributed by atoms with Crippen molar-refractivity contribution in [3.63, 3.8) is 0 Å². The standard InChI is InChI=1S/C15H16N2O4/c1-20-13-5-3-4-11(7-13)16-17-12-6-10(9-18)15(19)14(8-12)21-2/h3-8,18-19H,9H2,1-2H3. The van der Waals surface area contributed by atoms with Crippen LogP contribution in [0.1, 0.15) is 5.56 Å². The number of aromatic hydroxyl groups is 1. The highest BCUT2D eigenvalue weighted by Crippen LogP contribution is 2.35. The van der Waals surface area contributed by atoms with Crippen molar-refractivity contribution in [2.45, 2.75) is 6.61 Å². The van der Waals surface area contributed by atoms with Crippen LogP contribution in [0.15, 0.2) is 46.6 Å². The monoisotopic (exact) mass is 288 g/mol. The summed E-state index contributed by atoms with van der Waals surface area (Å²) in [5.41, 5.74) is 1.43. The van der Waals surface area contributed by atoms with Gasteiger partial charge in [0.1, 0.15) is 5.75 Å². The molecule has 0 amide bonds. The van der Waals surface area contributed by atoms with E-state index in [1.54, 1.807) is 25.3 Å². The van der Waals surface area contributed by atoms with Crippen molar-refractivity contribution in [1.29, 1.82) is 0 Å². The maximum Gasteiger partial charge on any atom is 0.163 e. The lowest BCUT2D eigenvalue weighted by atomic mass is 10.1. The van der Waals surface area contributed by atoms with Gasteiger partial charge in [-0.3, -0.25) is 0 Å². The Labute approximate surface area is 122 Å². The van der Waals surface area contributed by atoms with Gasteiger partial charge in [0, 0.05) is 17.7 Å². The molecular weight excluding hydrogens is 272 g/mol. The van der Waals surface area contributed by atoms with Crippen LogP contribution in [0.5, 0.6) is 17.2 Å². The van der Waals surface area contributed by atoms with E-state index in [0.717, 1.165) is 0 Å². The molecule has 0 radical (unpaired) electrons. The normalized spacial score (nSPS) is 10.8. The molecular formula is C15H16N2O4. The van der Waals surface area contributed by atoms with Crippen LogP contribution in [0, 0.1) is 0 Å². The quantitative estimate of drug-likeness (QED) is 0.827. The molecule has 21 heavy (non-hydrogen) atoms. The lowest BCUT2D eigenvalue weighted by molar-refractivity contribution is 0.272. The Morgan fingerprint density at radius 1 is 1.00 bits per heavy atom. The average Bonchev–Trinajstić information content (AvgIpc) is 2.54. The molecule has 0 bridgehead atoms. The number of aliphatic hydroxyl groups excluding tert-OH is 1. The molecule has 0 spiro atoms. The molecule has 2 aromatic rings. The molecule has 6 nitrogen and oxygen atoms in total. The molecule has 0 aliphatic carbocycles. The smallest absolute Gasteiger partial charge is 0.163 e. The summed E-state index contributed by atoms with van der Waals surface area (Å²) < 4.78 is 10.1. The highest BCUT2D eigenvalue weighted by molar-refractivity contribution is 5.56. The van der Waals surface area contributed by atoms with Crippen LogP contribution in [0.4, 0.5) is 11.4 Å². The Bertz CT molecular complexity index is 631. The second-order valence-electron chi connectivity index (χ2n) is 4.22. The zero-order chi connectivity index (χ0) is 15.2. The molecule has 0 atom stereocenters. The van der Waals surface area contributed by atoms with E-state index in [0.29, 0.717) is 22.7 Å². The van der Waals surface area contributed by atoms with Gasteiger partial charge in [-0.05, 0) is 18.2 Å². The van der Waals surface area contributed by atoms with Gasteiger partial charge in [0.2, 0.25) is 0 Å². The zero-order valence-electron chi connectivity index (χ0n) is 11.8. The summed E-state index contributed by atoms with van der Waals surface area (Å²) >= 11 is 0. The molecule has 6 heteroatoms. The summed E-state index contributed by atoms with van der Waals surface area (Å²) in [6, 6.07) is 10.2. The highest BCUT2D eigenvalue weighted by atomic mass is 16.5.